The van der Waals surface area contributed by atoms with Crippen LogP contribution in [-0.4, -0.2) is 31.3 Å². The Morgan fingerprint density at radius 2 is 1.57 bits per heavy atom. The number of hydrogen-bond acceptors (Lipinski definition) is 8. The van der Waals surface area contributed by atoms with Gasteiger partial charge in [-0.25, -0.2) is 9.59 Å². The molecule has 1 heterocycles. The summed E-state index contributed by atoms with van der Waals surface area (Å²) in [5.41, 5.74) is 8.39. The third kappa shape index (κ3) is 3.95. The molecule has 5 aliphatic rings. The Labute approximate surface area is 233 Å². The number of ether oxygens (including phenoxy) is 2. The molecule has 0 spiro atoms. The number of carbonyl (C=O) groups is 2. The highest BCUT2D eigenvalue weighted by atomic mass is 16.5. The van der Waals surface area contributed by atoms with Crippen LogP contribution in [0.3, 0.4) is 0 Å². The highest BCUT2D eigenvalue weighted by molar-refractivity contribution is 6.06. The second-order valence-corrected chi connectivity index (χ2v) is 11.7. The van der Waals surface area contributed by atoms with Crippen molar-refractivity contribution in [3.63, 3.8) is 0 Å². The molecule has 7 rings (SSSR count). The number of phenols is 1. The zero-order chi connectivity index (χ0) is 28.2. The predicted molar refractivity (Wildman–Crippen MR) is 148 cm³/mol. The molecule has 1 atom stereocenters. The van der Waals surface area contributed by atoms with Gasteiger partial charge in [0.2, 0.25) is 0 Å². The molecule has 4 fully saturated rings. The lowest BCUT2D eigenvalue weighted by Crippen LogP contribution is -2.48. The first-order valence-electron chi connectivity index (χ1n) is 13.8. The van der Waals surface area contributed by atoms with Crippen LogP contribution in [0.25, 0.3) is 0 Å². The van der Waals surface area contributed by atoms with Crippen LogP contribution < -0.4 is 10.6 Å². The zero-order valence-electron chi connectivity index (χ0n) is 22.7. The molecule has 0 aromatic heterocycles. The van der Waals surface area contributed by atoms with Crippen LogP contribution in [0, 0.1) is 29.1 Å². The number of anilines is 1. The third-order valence-electron chi connectivity index (χ3n) is 9.48. The molecule has 4 saturated carbocycles. The number of nitrogens with two attached hydrogens (primary N) is 1. The fraction of sp³-hybridized carbons (Fsp3) is 0.406. The monoisotopic (exact) mass is 539 g/mol. The molecule has 1 aliphatic heterocycles. The number of carbonyl (C=O) groups excluding carboxylic acids is 2. The number of benzene rings is 2. The van der Waals surface area contributed by atoms with E-state index < -0.39 is 17.9 Å². The maximum absolute atomic E-state index is 13.4. The molecule has 8 heteroatoms. The van der Waals surface area contributed by atoms with Gasteiger partial charge in [0.25, 0.3) is 0 Å². The van der Waals surface area contributed by atoms with Gasteiger partial charge < -0.3 is 20.3 Å². The van der Waals surface area contributed by atoms with E-state index in [4.69, 9.17) is 15.2 Å². The van der Waals surface area contributed by atoms with Gasteiger partial charge in [-0.05, 0) is 85.0 Å². The summed E-state index contributed by atoms with van der Waals surface area (Å²) in [6.07, 6.45) is 7.16. The van der Waals surface area contributed by atoms with Crippen molar-refractivity contribution >= 4 is 17.6 Å². The van der Waals surface area contributed by atoms with Gasteiger partial charge in [0.15, 0.2) is 0 Å². The van der Waals surface area contributed by atoms with Crippen LogP contribution in [0.5, 0.6) is 5.75 Å². The Balaban J connectivity index is 1.57. The van der Waals surface area contributed by atoms with E-state index in [0.717, 1.165) is 24.8 Å². The highest BCUT2D eigenvalue weighted by Crippen LogP contribution is 2.61. The molecule has 1 unspecified atom stereocenters. The molecule has 206 valence electrons. The number of nitrogens with zero attached hydrogens (tertiary/aromatic N) is 2. The van der Waals surface area contributed by atoms with E-state index in [1.54, 1.807) is 30.3 Å². The van der Waals surface area contributed by atoms with Crippen LogP contribution in [0.4, 0.5) is 5.69 Å². The molecule has 3 N–H and O–H groups in total. The van der Waals surface area contributed by atoms with E-state index in [2.05, 4.69) is 6.07 Å². The van der Waals surface area contributed by atoms with Crippen LogP contribution in [0.2, 0.25) is 0 Å². The molecule has 0 saturated heterocycles. The quantitative estimate of drug-likeness (QED) is 0.521. The molecule has 0 amide bonds. The number of aromatic hydroxyl groups is 1. The topological polar surface area (TPSA) is 126 Å². The summed E-state index contributed by atoms with van der Waals surface area (Å²) in [7, 11) is 2.43. The summed E-state index contributed by atoms with van der Waals surface area (Å²) in [6.45, 7) is 0. The molecule has 4 aliphatic carbocycles. The minimum Gasteiger partial charge on any atom is -0.506 e. The van der Waals surface area contributed by atoms with Crippen molar-refractivity contribution in [3.05, 3.63) is 82.3 Å². The van der Waals surface area contributed by atoms with E-state index in [1.165, 1.54) is 38.4 Å². The lowest BCUT2D eigenvalue weighted by Gasteiger charge is -2.57. The normalized spacial score (nSPS) is 28.9. The van der Waals surface area contributed by atoms with E-state index in [1.807, 2.05) is 18.2 Å². The number of esters is 2. The average molecular weight is 540 g/mol. The average Bonchev–Trinajstić information content (AvgIpc) is 2.95. The van der Waals surface area contributed by atoms with Gasteiger partial charge in [-0.3, -0.25) is 4.90 Å². The number of methoxy groups -OCH3 is 2. The number of phenolic OH excluding ortho intramolecular Hbond substituents is 1. The maximum Gasteiger partial charge on any atom is 0.355 e. The number of rotatable bonds is 5. The second-order valence-electron chi connectivity index (χ2n) is 11.7. The Bertz CT molecular complexity index is 1450. The second kappa shape index (κ2) is 9.74. The maximum atomic E-state index is 13.4. The fourth-order valence-electron chi connectivity index (χ4n) is 8.26. The predicted octanol–water partition coefficient (Wildman–Crippen LogP) is 4.76. The summed E-state index contributed by atoms with van der Waals surface area (Å²) in [5.74, 6) is -0.653. The first-order valence-corrected chi connectivity index (χ1v) is 13.8. The van der Waals surface area contributed by atoms with Crippen LogP contribution in [0.1, 0.15) is 55.6 Å². The van der Waals surface area contributed by atoms with Crippen molar-refractivity contribution in [1.82, 2.24) is 0 Å². The SMILES string of the molecule is COC(=O)C1=C(C(=O)OC)N(c2cc(C34CC5CC(CC(C5)C3)C4)ccc2O)C(N)=C(C#N)C1c1ccccc1. The van der Waals surface area contributed by atoms with Crippen molar-refractivity contribution in [2.45, 2.75) is 49.9 Å². The Kier molecular flexibility index (Phi) is 6.33. The lowest BCUT2D eigenvalue weighted by molar-refractivity contribution is -0.139. The van der Waals surface area contributed by atoms with Gasteiger partial charge >= 0.3 is 11.9 Å². The van der Waals surface area contributed by atoms with Crippen LogP contribution in [-0.2, 0) is 24.5 Å². The van der Waals surface area contributed by atoms with Gasteiger partial charge in [0.05, 0.1) is 43.0 Å². The van der Waals surface area contributed by atoms with E-state index in [9.17, 15) is 20.0 Å². The van der Waals surface area contributed by atoms with Gasteiger partial charge in [-0.1, -0.05) is 36.4 Å². The van der Waals surface area contributed by atoms with Crippen molar-refractivity contribution < 1.29 is 24.2 Å². The van der Waals surface area contributed by atoms with Crippen molar-refractivity contribution in [2.24, 2.45) is 23.5 Å². The summed E-state index contributed by atoms with van der Waals surface area (Å²) in [5, 5.41) is 21.5. The number of hydrogen-bond donors (Lipinski definition) is 2. The van der Waals surface area contributed by atoms with E-state index in [-0.39, 0.29) is 39.5 Å². The molecule has 8 nitrogen and oxygen atoms in total. The third-order valence-corrected chi connectivity index (χ3v) is 9.48. The summed E-state index contributed by atoms with van der Waals surface area (Å²) >= 11 is 0. The number of nitriles is 1. The lowest BCUT2D eigenvalue weighted by atomic mass is 9.48. The van der Waals surface area contributed by atoms with E-state index >= 15 is 0 Å². The first-order chi connectivity index (χ1) is 19.3. The smallest absolute Gasteiger partial charge is 0.355 e. The van der Waals surface area contributed by atoms with Gasteiger partial charge in [0.1, 0.15) is 17.3 Å². The van der Waals surface area contributed by atoms with Crippen molar-refractivity contribution in [1.29, 1.82) is 5.26 Å². The van der Waals surface area contributed by atoms with E-state index in [0.29, 0.717) is 23.3 Å². The molecule has 2 aromatic carbocycles. The molecule has 0 radical (unpaired) electrons. The largest absolute Gasteiger partial charge is 0.506 e. The molecule has 4 bridgehead atoms. The van der Waals surface area contributed by atoms with Crippen LogP contribution in [0.15, 0.2) is 71.2 Å². The first kappa shape index (κ1) is 26.0. The summed E-state index contributed by atoms with van der Waals surface area (Å²) in [6, 6.07) is 16.5. The van der Waals surface area contributed by atoms with Gasteiger partial charge in [-0.15, -0.1) is 0 Å². The van der Waals surface area contributed by atoms with Crippen molar-refractivity contribution in [3.8, 4) is 11.8 Å². The Hall–Kier alpha value is -4.25. The minimum atomic E-state index is -0.961. The Morgan fingerprint density at radius 1 is 0.975 bits per heavy atom. The molecular formula is C32H33N3O5. The zero-order valence-corrected chi connectivity index (χ0v) is 22.7. The fourth-order valence-corrected chi connectivity index (χ4v) is 8.26. The molecule has 40 heavy (non-hydrogen) atoms. The Morgan fingerprint density at radius 3 is 2.12 bits per heavy atom. The molecular weight excluding hydrogens is 506 g/mol. The highest BCUT2D eigenvalue weighted by Gasteiger charge is 2.52. The minimum absolute atomic E-state index is 0.00355. The van der Waals surface area contributed by atoms with Gasteiger partial charge in [0, 0.05) is 0 Å². The summed E-state index contributed by atoms with van der Waals surface area (Å²) < 4.78 is 10.3. The van der Waals surface area contributed by atoms with Crippen LogP contribution >= 0.6 is 0 Å². The molecule has 2 aromatic rings. The summed E-state index contributed by atoms with van der Waals surface area (Å²) in [4.78, 5) is 28.1. The van der Waals surface area contributed by atoms with Crippen molar-refractivity contribution in [2.75, 3.05) is 19.1 Å². The number of allylic oxidation sites excluding steroid dienone is 1. The standard InChI is InChI=1S/C32H33N3O5/c1-39-30(37)27-26(21-6-4-3-5-7-21)23(17-33)29(34)35(28(27)31(38)40-2)24-13-22(8-9-25(24)36)32-14-18-10-19(15-32)12-20(11-18)16-32/h3-9,13,18-20,26,36H,10-12,14-16,34H2,1-2H3. The van der Waals surface area contributed by atoms with Gasteiger partial charge in [-0.2, -0.15) is 5.26 Å².